The van der Waals surface area contributed by atoms with Gasteiger partial charge in [0.25, 0.3) is 0 Å². The van der Waals surface area contributed by atoms with Crippen molar-refractivity contribution in [1.82, 2.24) is 0 Å². The number of fused-ring (bicyclic) bond motifs is 3. The van der Waals surface area contributed by atoms with Crippen LogP contribution in [0.15, 0.2) is 35.3 Å². The normalized spacial score (nSPS) is 22.0. The van der Waals surface area contributed by atoms with E-state index in [1.165, 1.54) is 0 Å². The van der Waals surface area contributed by atoms with Crippen LogP contribution in [0.2, 0.25) is 0 Å². The Balaban J connectivity index is 1.83. The Morgan fingerprint density at radius 3 is 2.56 bits per heavy atom. The Bertz CT molecular complexity index is 965. The van der Waals surface area contributed by atoms with Gasteiger partial charge in [0.05, 0.1) is 11.5 Å². The molecule has 0 saturated carbocycles. The number of alkyl halides is 2. The molecule has 134 valence electrons. The zero-order valence-corrected chi connectivity index (χ0v) is 13.9. The van der Waals surface area contributed by atoms with Crippen molar-refractivity contribution in [2.24, 2.45) is 0 Å². The van der Waals surface area contributed by atoms with Gasteiger partial charge in [0, 0.05) is 6.07 Å². The number of ether oxygens (including phenoxy) is 1. The third-order valence-electron chi connectivity index (χ3n) is 3.56. The molecule has 1 aromatic carbocycles. The summed E-state index contributed by atoms with van der Waals surface area (Å²) in [5.41, 5.74) is 0.549. The second kappa shape index (κ2) is 5.77. The summed E-state index contributed by atoms with van der Waals surface area (Å²) in [4.78, 5) is -0.649. The smallest absolute Gasteiger partial charge is 0.393 e. The van der Waals surface area contributed by atoms with Crippen molar-refractivity contribution in [3.8, 4) is 5.75 Å². The fourth-order valence-electron chi connectivity index (χ4n) is 2.29. The second-order valence-electron chi connectivity index (χ2n) is 5.24. The maximum Gasteiger partial charge on any atom is 0.393 e. The molecule has 1 heterocycles. The molecule has 1 N–H and O–H groups in total. The van der Waals surface area contributed by atoms with Crippen LogP contribution in [0.5, 0.6) is 5.75 Å². The highest BCUT2D eigenvalue weighted by atomic mass is 32.2. The summed E-state index contributed by atoms with van der Waals surface area (Å²) >= 11 is 0. The highest BCUT2D eigenvalue weighted by Gasteiger charge is 2.46. The molecule has 0 aromatic heterocycles. The molecule has 3 rings (SSSR count). The molecule has 0 bridgehead atoms. The van der Waals surface area contributed by atoms with E-state index in [2.05, 4.69) is 16.3 Å². The van der Waals surface area contributed by atoms with E-state index in [0.29, 0.717) is 5.56 Å². The summed E-state index contributed by atoms with van der Waals surface area (Å²) in [5.74, 6) is 0.00597. The molecule has 0 radical (unpaired) electrons. The summed E-state index contributed by atoms with van der Waals surface area (Å²) in [6, 6.07) is 5.92. The molecule has 7 nitrogen and oxygen atoms in total. The maximum absolute atomic E-state index is 13.1. The zero-order valence-electron chi connectivity index (χ0n) is 12.2. The average molecular weight is 392 g/mol. The van der Waals surface area contributed by atoms with Crippen molar-refractivity contribution in [2.45, 2.75) is 22.2 Å². The molecule has 2 aliphatic rings. The molecule has 2 atom stereocenters. The minimum Gasteiger partial charge on any atom is -0.484 e. The van der Waals surface area contributed by atoms with Crippen molar-refractivity contribution < 1.29 is 39.1 Å². The summed E-state index contributed by atoms with van der Waals surface area (Å²) < 4.78 is 89.1. The number of rotatable bonds is 5. The summed E-state index contributed by atoms with van der Waals surface area (Å²) in [5, 5.41) is -4.78. The highest BCUT2D eigenvalue weighted by Crippen LogP contribution is 2.40. The molecule has 11 heteroatoms. The lowest BCUT2D eigenvalue weighted by molar-refractivity contribution is 0.0312. The van der Waals surface area contributed by atoms with Crippen LogP contribution in [0.4, 0.5) is 8.78 Å². The average Bonchev–Trinajstić information content (AvgIpc) is 2.90. The lowest BCUT2D eigenvalue weighted by Crippen LogP contribution is -2.34. The quantitative estimate of drug-likeness (QED) is 0.597. The van der Waals surface area contributed by atoms with E-state index >= 15 is 0 Å². The molecule has 0 fully saturated rings. The van der Waals surface area contributed by atoms with Crippen molar-refractivity contribution in [2.75, 3.05) is 6.61 Å². The molecule has 0 amide bonds. The first-order valence-corrected chi connectivity index (χ1v) is 9.60. The van der Waals surface area contributed by atoms with Crippen LogP contribution in [0.25, 0.3) is 0 Å². The molecule has 0 saturated heterocycles. The maximum atomic E-state index is 13.1. The summed E-state index contributed by atoms with van der Waals surface area (Å²) in [6.45, 7) is -2.07. The monoisotopic (exact) mass is 392 g/mol. The number of hydrogen-bond acceptors (Lipinski definition) is 6. The van der Waals surface area contributed by atoms with Gasteiger partial charge in [-0.2, -0.15) is 25.6 Å². The van der Waals surface area contributed by atoms with Crippen molar-refractivity contribution >= 4 is 20.2 Å². The summed E-state index contributed by atoms with van der Waals surface area (Å²) in [7, 11) is -10.6. The zero-order chi connectivity index (χ0) is 18.5. The molecule has 2 unspecified atom stereocenters. The largest absolute Gasteiger partial charge is 0.484 e. The van der Waals surface area contributed by atoms with E-state index < -0.39 is 37.0 Å². The number of hydrogen-bond donors (Lipinski definition) is 1. The fourth-order valence-corrected chi connectivity index (χ4v) is 3.43. The van der Waals surface area contributed by atoms with E-state index in [-0.39, 0.29) is 17.8 Å². The SMILES string of the molecule is O=S(=O)(OCC(F)(F)S(=O)(=O)O)c1c#cc2c(c1)OC1C=CC=CC21. The molecule has 25 heavy (non-hydrogen) atoms. The van der Waals surface area contributed by atoms with E-state index in [1.54, 1.807) is 18.2 Å². The van der Waals surface area contributed by atoms with Crippen LogP contribution >= 0.6 is 0 Å². The van der Waals surface area contributed by atoms with Crippen LogP contribution in [-0.4, -0.2) is 39.4 Å². The van der Waals surface area contributed by atoms with Crippen LogP contribution in [0.3, 0.4) is 0 Å². The van der Waals surface area contributed by atoms with Crippen LogP contribution in [0, 0.1) is 12.1 Å². The third kappa shape index (κ3) is 3.25. The van der Waals surface area contributed by atoms with Gasteiger partial charge in [0.15, 0.2) is 0 Å². The first kappa shape index (κ1) is 17.8. The van der Waals surface area contributed by atoms with Gasteiger partial charge in [0.2, 0.25) is 0 Å². The Kier molecular flexibility index (Phi) is 4.11. The van der Waals surface area contributed by atoms with Crippen molar-refractivity contribution in [3.05, 3.63) is 48.1 Å². The highest BCUT2D eigenvalue weighted by molar-refractivity contribution is 7.87. The minimum atomic E-state index is -5.81. The fraction of sp³-hybridized carbons (Fsp3) is 0.286. The molecular weight excluding hydrogens is 382 g/mol. The minimum absolute atomic E-state index is 0.169. The van der Waals surface area contributed by atoms with Gasteiger partial charge in [0.1, 0.15) is 23.4 Å². The molecule has 0 spiro atoms. The Labute approximate surface area is 142 Å². The van der Waals surface area contributed by atoms with Crippen LogP contribution in [0.1, 0.15) is 11.5 Å². The standard InChI is InChI=1S/C14H10F2O7S2/c15-14(16,25(19,20)21)8-22-24(17,18)9-5-6-11-10-3-1-2-4-12(10)23-13(11)7-9/h1-4,7,10,12H,8H2,(H,19,20,21). The van der Waals surface area contributed by atoms with Gasteiger partial charge < -0.3 is 4.74 Å². The van der Waals surface area contributed by atoms with Gasteiger partial charge in [-0.3, -0.25) is 8.74 Å². The Morgan fingerprint density at radius 2 is 1.88 bits per heavy atom. The molecular formula is C14H10F2O7S2. The van der Waals surface area contributed by atoms with Crippen molar-refractivity contribution in [1.29, 1.82) is 0 Å². The predicted octanol–water partition coefficient (Wildman–Crippen LogP) is 1.44. The first-order chi connectivity index (χ1) is 11.5. The number of allylic oxidation sites excluding steroid dienone is 2. The van der Waals surface area contributed by atoms with Gasteiger partial charge in [-0.05, 0) is 12.1 Å². The third-order valence-corrected chi connectivity index (χ3v) is 5.62. The van der Waals surface area contributed by atoms with E-state index in [9.17, 15) is 25.6 Å². The Morgan fingerprint density at radius 1 is 1.20 bits per heavy atom. The van der Waals surface area contributed by atoms with E-state index in [1.807, 2.05) is 6.08 Å². The second-order valence-corrected chi connectivity index (χ2v) is 8.37. The topological polar surface area (TPSA) is 107 Å². The molecule has 1 aromatic rings. The lowest BCUT2D eigenvalue weighted by atomic mass is 9.93. The lowest BCUT2D eigenvalue weighted by Gasteiger charge is -2.13. The van der Waals surface area contributed by atoms with Gasteiger partial charge in [-0.15, -0.1) is 0 Å². The Hall–Kier alpha value is -2.00. The van der Waals surface area contributed by atoms with Crippen LogP contribution in [-0.2, 0) is 24.4 Å². The summed E-state index contributed by atoms with van der Waals surface area (Å²) in [6.07, 6.45) is 6.80. The first-order valence-electron chi connectivity index (χ1n) is 6.75. The number of halogens is 2. The van der Waals surface area contributed by atoms with E-state index in [4.69, 9.17) is 9.29 Å². The van der Waals surface area contributed by atoms with Gasteiger partial charge in [-0.25, -0.2) is 0 Å². The predicted molar refractivity (Wildman–Crippen MR) is 79.2 cm³/mol. The molecule has 1 aliphatic heterocycles. The van der Waals surface area contributed by atoms with Gasteiger partial charge in [-0.1, -0.05) is 24.3 Å². The van der Waals surface area contributed by atoms with Gasteiger partial charge >= 0.3 is 25.5 Å². The van der Waals surface area contributed by atoms with Crippen molar-refractivity contribution in [3.63, 3.8) is 0 Å². The van der Waals surface area contributed by atoms with Crippen LogP contribution < -0.4 is 4.74 Å². The molecule has 1 aliphatic carbocycles. The van der Waals surface area contributed by atoms with E-state index in [0.717, 1.165) is 6.07 Å².